The Labute approximate surface area is 124 Å². The minimum absolute atomic E-state index is 0.0630. The average Bonchev–Trinajstić information content (AvgIpc) is 2.90. The van der Waals surface area contributed by atoms with Crippen molar-refractivity contribution in [1.29, 1.82) is 0 Å². The van der Waals surface area contributed by atoms with E-state index in [1.165, 1.54) is 29.1 Å². The van der Waals surface area contributed by atoms with E-state index in [0.717, 1.165) is 0 Å². The highest BCUT2D eigenvalue weighted by Crippen LogP contribution is 2.20. The third-order valence-corrected chi connectivity index (χ3v) is 2.91. The van der Waals surface area contributed by atoms with Crippen LogP contribution in [0, 0.1) is 0 Å². The monoisotopic (exact) mass is 310 g/mol. The number of hydrogen-bond donors (Lipinski definition) is 3. The van der Waals surface area contributed by atoms with Crippen LogP contribution in [0.2, 0.25) is 5.02 Å². The topological polar surface area (TPSA) is 117 Å². The maximum atomic E-state index is 11.9. The van der Waals surface area contributed by atoms with Crippen LogP contribution in [0.1, 0.15) is 20.8 Å². The first-order valence-electron chi connectivity index (χ1n) is 5.87. The van der Waals surface area contributed by atoms with Gasteiger partial charge in [-0.25, -0.2) is 9.48 Å². The second kappa shape index (κ2) is 6.23. The summed E-state index contributed by atoms with van der Waals surface area (Å²) in [4.78, 5) is 22.5. The summed E-state index contributed by atoms with van der Waals surface area (Å²) >= 11 is 5.86. The minimum Gasteiger partial charge on any atom is -0.508 e. The van der Waals surface area contributed by atoms with Crippen LogP contribution in [-0.4, -0.2) is 43.6 Å². The number of phenolic OH excluding ortho intramolecular Hbond substituents is 1. The first-order chi connectivity index (χ1) is 9.97. The number of carboxylic acid groups (broad SMARTS) is 1. The van der Waals surface area contributed by atoms with Crippen molar-refractivity contribution < 1.29 is 19.8 Å². The number of halogens is 1. The summed E-state index contributed by atoms with van der Waals surface area (Å²) < 4.78 is 1.30. The lowest BCUT2D eigenvalue weighted by atomic mass is 10.2. The smallest absolute Gasteiger partial charge is 0.358 e. The van der Waals surface area contributed by atoms with Crippen molar-refractivity contribution in [2.75, 3.05) is 6.54 Å². The fourth-order valence-corrected chi connectivity index (χ4v) is 1.78. The van der Waals surface area contributed by atoms with Gasteiger partial charge in [-0.1, -0.05) is 16.8 Å². The number of carboxylic acids is 1. The lowest BCUT2D eigenvalue weighted by Gasteiger charge is -2.07. The van der Waals surface area contributed by atoms with Crippen LogP contribution in [0.25, 0.3) is 0 Å². The van der Waals surface area contributed by atoms with Crippen molar-refractivity contribution in [2.45, 2.75) is 6.54 Å². The Morgan fingerprint density at radius 2 is 2.14 bits per heavy atom. The number of carbonyl (C=O) groups is 2. The van der Waals surface area contributed by atoms with Gasteiger partial charge in [-0.15, -0.1) is 5.10 Å². The third kappa shape index (κ3) is 3.69. The Morgan fingerprint density at radius 1 is 1.38 bits per heavy atom. The normalized spacial score (nSPS) is 10.3. The van der Waals surface area contributed by atoms with Gasteiger partial charge in [0.05, 0.1) is 23.3 Å². The van der Waals surface area contributed by atoms with E-state index in [-0.39, 0.29) is 35.1 Å². The third-order valence-electron chi connectivity index (χ3n) is 2.58. The van der Waals surface area contributed by atoms with E-state index in [9.17, 15) is 14.7 Å². The van der Waals surface area contributed by atoms with Gasteiger partial charge in [0.15, 0.2) is 5.69 Å². The fourth-order valence-electron chi connectivity index (χ4n) is 1.57. The molecule has 0 aliphatic heterocycles. The largest absolute Gasteiger partial charge is 0.508 e. The van der Waals surface area contributed by atoms with E-state index in [4.69, 9.17) is 16.7 Å². The van der Waals surface area contributed by atoms with Crippen LogP contribution >= 0.6 is 11.6 Å². The molecule has 0 atom stereocenters. The highest BCUT2D eigenvalue weighted by atomic mass is 35.5. The number of benzene rings is 1. The summed E-state index contributed by atoms with van der Waals surface area (Å²) in [5.74, 6) is -1.68. The number of rotatable bonds is 5. The molecule has 1 aromatic carbocycles. The molecule has 1 heterocycles. The van der Waals surface area contributed by atoms with Crippen LogP contribution in [-0.2, 0) is 6.54 Å². The second-order valence-corrected chi connectivity index (χ2v) is 4.50. The Bertz CT molecular complexity index is 686. The van der Waals surface area contributed by atoms with Gasteiger partial charge in [0, 0.05) is 6.54 Å². The molecule has 1 amide bonds. The number of nitrogens with one attached hydrogen (secondary N) is 1. The Kier molecular flexibility index (Phi) is 4.39. The van der Waals surface area contributed by atoms with Crippen LogP contribution in [0.5, 0.6) is 5.75 Å². The Morgan fingerprint density at radius 3 is 2.81 bits per heavy atom. The maximum absolute atomic E-state index is 11.9. The molecule has 0 aliphatic carbocycles. The molecule has 3 N–H and O–H groups in total. The molecular formula is C12H11ClN4O4. The Balaban J connectivity index is 1.92. The summed E-state index contributed by atoms with van der Waals surface area (Å²) in [6, 6.07) is 4.06. The number of phenols is 1. The molecule has 0 saturated carbocycles. The molecule has 0 fully saturated rings. The van der Waals surface area contributed by atoms with Gasteiger partial charge < -0.3 is 15.5 Å². The highest BCUT2D eigenvalue weighted by molar-refractivity contribution is 6.33. The first kappa shape index (κ1) is 14.8. The summed E-state index contributed by atoms with van der Waals surface area (Å²) in [6.45, 7) is 0.454. The van der Waals surface area contributed by atoms with Gasteiger partial charge in [0.25, 0.3) is 5.91 Å². The van der Waals surface area contributed by atoms with Crippen molar-refractivity contribution in [3.8, 4) is 5.75 Å². The number of aromatic carboxylic acids is 1. The molecule has 21 heavy (non-hydrogen) atoms. The first-order valence-corrected chi connectivity index (χ1v) is 6.25. The summed E-state index contributed by atoms with van der Waals surface area (Å²) in [7, 11) is 0. The zero-order valence-corrected chi connectivity index (χ0v) is 11.4. The average molecular weight is 311 g/mol. The number of nitrogens with zero attached hydrogens (tertiary/aromatic N) is 3. The molecule has 8 nitrogen and oxygen atoms in total. The van der Waals surface area contributed by atoms with Crippen LogP contribution < -0.4 is 5.32 Å². The van der Waals surface area contributed by atoms with Gasteiger partial charge in [0.1, 0.15) is 5.75 Å². The van der Waals surface area contributed by atoms with E-state index >= 15 is 0 Å². The van der Waals surface area contributed by atoms with Crippen molar-refractivity contribution in [3.05, 3.63) is 40.7 Å². The van der Waals surface area contributed by atoms with Crippen LogP contribution in [0.4, 0.5) is 0 Å². The molecule has 2 rings (SSSR count). The van der Waals surface area contributed by atoms with E-state index in [1.807, 2.05) is 0 Å². The Hall–Kier alpha value is -2.61. The number of hydrogen-bond acceptors (Lipinski definition) is 5. The lowest BCUT2D eigenvalue weighted by molar-refractivity contribution is 0.0690. The van der Waals surface area contributed by atoms with Crippen molar-refractivity contribution in [3.63, 3.8) is 0 Å². The SMILES string of the molecule is O=C(O)c1cn(CCNC(=O)c2cc(O)ccc2Cl)nn1. The van der Waals surface area contributed by atoms with Crippen LogP contribution in [0.15, 0.2) is 24.4 Å². The zero-order chi connectivity index (χ0) is 15.4. The van der Waals surface area contributed by atoms with E-state index in [1.54, 1.807) is 0 Å². The van der Waals surface area contributed by atoms with Crippen molar-refractivity contribution >= 4 is 23.5 Å². The molecule has 9 heteroatoms. The van der Waals surface area contributed by atoms with Gasteiger partial charge in [-0.2, -0.15) is 0 Å². The standard InChI is InChI=1S/C12H11ClN4O4/c13-9-2-1-7(18)5-8(9)11(19)14-3-4-17-6-10(12(20)21)15-16-17/h1-2,5-6,18H,3-4H2,(H,14,19)(H,20,21). The van der Waals surface area contributed by atoms with E-state index in [2.05, 4.69) is 15.6 Å². The molecule has 0 radical (unpaired) electrons. The molecule has 0 spiro atoms. The van der Waals surface area contributed by atoms with Crippen LogP contribution in [0.3, 0.4) is 0 Å². The van der Waals surface area contributed by atoms with E-state index in [0.29, 0.717) is 0 Å². The van der Waals surface area contributed by atoms with Gasteiger partial charge in [0.2, 0.25) is 0 Å². The summed E-state index contributed by atoms with van der Waals surface area (Å²) in [5, 5.41) is 27.9. The molecule has 1 aromatic heterocycles. The molecule has 0 unspecified atom stereocenters. The number of carbonyl (C=O) groups excluding carboxylic acids is 1. The molecule has 0 saturated heterocycles. The van der Waals surface area contributed by atoms with Gasteiger partial charge in [-0.3, -0.25) is 4.79 Å². The quantitative estimate of drug-likeness (QED) is 0.750. The summed E-state index contributed by atoms with van der Waals surface area (Å²) in [6.07, 6.45) is 1.26. The molecule has 2 aromatic rings. The molecule has 110 valence electrons. The predicted molar refractivity (Wildman–Crippen MR) is 72.4 cm³/mol. The van der Waals surface area contributed by atoms with Crippen molar-refractivity contribution in [1.82, 2.24) is 20.3 Å². The molecule has 0 aliphatic rings. The predicted octanol–water partition coefficient (Wildman–Crippen LogP) is 0.765. The number of amides is 1. The maximum Gasteiger partial charge on any atom is 0.358 e. The number of aromatic nitrogens is 3. The van der Waals surface area contributed by atoms with Gasteiger partial charge in [-0.05, 0) is 18.2 Å². The minimum atomic E-state index is -1.17. The zero-order valence-electron chi connectivity index (χ0n) is 10.7. The fraction of sp³-hybridized carbons (Fsp3) is 0.167. The molecular weight excluding hydrogens is 300 g/mol. The van der Waals surface area contributed by atoms with Crippen molar-refractivity contribution in [2.24, 2.45) is 0 Å². The second-order valence-electron chi connectivity index (χ2n) is 4.09. The van der Waals surface area contributed by atoms with Gasteiger partial charge >= 0.3 is 5.97 Å². The molecule has 0 bridgehead atoms. The van der Waals surface area contributed by atoms with E-state index < -0.39 is 11.9 Å². The number of aromatic hydroxyl groups is 1. The summed E-state index contributed by atoms with van der Waals surface area (Å²) in [5.41, 5.74) is -0.0150. The highest BCUT2D eigenvalue weighted by Gasteiger charge is 2.11. The lowest BCUT2D eigenvalue weighted by Crippen LogP contribution is -2.27.